The van der Waals surface area contributed by atoms with Gasteiger partial charge in [0.15, 0.2) is 0 Å². The van der Waals surface area contributed by atoms with E-state index in [2.05, 4.69) is 5.32 Å². The fraction of sp³-hybridized carbons (Fsp3) is 0.286. The molecule has 2 amide bonds. The van der Waals surface area contributed by atoms with Crippen LogP contribution in [0.25, 0.3) is 0 Å². The lowest BCUT2D eigenvalue weighted by molar-refractivity contribution is -0.139. The molecule has 11 heteroatoms. The Balaban J connectivity index is 2.04. The minimum atomic E-state index is -4.18. The van der Waals surface area contributed by atoms with Crippen LogP contribution in [0.1, 0.15) is 25.0 Å². The van der Waals surface area contributed by atoms with E-state index in [0.717, 1.165) is 9.87 Å². The summed E-state index contributed by atoms with van der Waals surface area (Å²) >= 11 is 12.4. The highest BCUT2D eigenvalue weighted by atomic mass is 35.5. The first-order valence-corrected chi connectivity index (χ1v) is 14.4. The number of nitrogens with zero attached hydrogens (tertiary/aromatic N) is 2. The molecule has 0 aliphatic carbocycles. The fourth-order valence-electron chi connectivity index (χ4n) is 3.85. The Morgan fingerprint density at radius 1 is 1.00 bits per heavy atom. The Kier molecular flexibility index (Phi) is 10.2. The van der Waals surface area contributed by atoms with Gasteiger partial charge in [-0.3, -0.25) is 13.9 Å². The largest absolute Gasteiger partial charge is 0.497 e. The van der Waals surface area contributed by atoms with Crippen LogP contribution in [0, 0.1) is 6.92 Å². The average Bonchev–Trinajstić information content (AvgIpc) is 2.91. The quantitative estimate of drug-likeness (QED) is 0.336. The first kappa shape index (κ1) is 30.3. The van der Waals surface area contributed by atoms with Gasteiger partial charge < -0.3 is 15.0 Å². The summed E-state index contributed by atoms with van der Waals surface area (Å²) in [5.41, 5.74) is 1.79. The molecule has 3 aromatic carbocycles. The number of nitrogens with one attached hydrogen (secondary N) is 1. The van der Waals surface area contributed by atoms with Crippen LogP contribution in [0.4, 0.5) is 5.69 Å². The Bertz CT molecular complexity index is 1410. The van der Waals surface area contributed by atoms with Crippen LogP contribution in [-0.2, 0) is 26.2 Å². The molecule has 0 aliphatic rings. The van der Waals surface area contributed by atoms with E-state index in [1.165, 1.54) is 36.3 Å². The summed E-state index contributed by atoms with van der Waals surface area (Å²) < 4.78 is 33.9. The zero-order valence-electron chi connectivity index (χ0n) is 22.1. The molecular formula is C28H31Cl2N3O5S. The van der Waals surface area contributed by atoms with Crippen LogP contribution >= 0.6 is 23.2 Å². The van der Waals surface area contributed by atoms with Crippen molar-refractivity contribution in [2.75, 3.05) is 24.5 Å². The van der Waals surface area contributed by atoms with Gasteiger partial charge in [0.2, 0.25) is 11.8 Å². The van der Waals surface area contributed by atoms with E-state index in [1.54, 1.807) is 56.3 Å². The molecule has 0 spiro atoms. The second-order valence-corrected chi connectivity index (χ2v) is 11.6. The lowest BCUT2D eigenvalue weighted by Gasteiger charge is -2.32. The van der Waals surface area contributed by atoms with Gasteiger partial charge in [-0.1, -0.05) is 47.0 Å². The molecule has 208 valence electrons. The monoisotopic (exact) mass is 591 g/mol. The van der Waals surface area contributed by atoms with Crippen molar-refractivity contribution in [3.8, 4) is 5.75 Å². The summed E-state index contributed by atoms with van der Waals surface area (Å²) in [5.74, 6) is -0.470. The van der Waals surface area contributed by atoms with Crippen LogP contribution in [-0.4, -0.2) is 51.4 Å². The molecule has 39 heavy (non-hydrogen) atoms. The molecule has 0 saturated heterocycles. The molecule has 0 heterocycles. The number of hydrogen-bond acceptors (Lipinski definition) is 5. The Morgan fingerprint density at radius 3 is 2.21 bits per heavy atom. The van der Waals surface area contributed by atoms with E-state index in [9.17, 15) is 18.0 Å². The number of hydrogen-bond donors (Lipinski definition) is 1. The molecule has 0 fully saturated rings. The molecule has 0 saturated carbocycles. The molecule has 1 N–H and O–H groups in total. The summed E-state index contributed by atoms with van der Waals surface area (Å²) in [7, 11) is -2.69. The molecule has 1 atom stereocenters. The van der Waals surface area contributed by atoms with Gasteiger partial charge in [0.1, 0.15) is 18.3 Å². The van der Waals surface area contributed by atoms with Gasteiger partial charge in [-0.15, -0.1) is 0 Å². The van der Waals surface area contributed by atoms with Gasteiger partial charge in [-0.2, -0.15) is 0 Å². The van der Waals surface area contributed by atoms with Crippen molar-refractivity contribution in [2.45, 2.75) is 38.3 Å². The Morgan fingerprint density at radius 2 is 1.64 bits per heavy atom. The second kappa shape index (κ2) is 13.2. The van der Waals surface area contributed by atoms with Crippen molar-refractivity contribution in [1.82, 2.24) is 10.2 Å². The van der Waals surface area contributed by atoms with E-state index < -0.39 is 28.5 Å². The van der Waals surface area contributed by atoms with Crippen LogP contribution in [0.15, 0.2) is 71.6 Å². The van der Waals surface area contributed by atoms with Gasteiger partial charge in [0.05, 0.1) is 17.7 Å². The second-order valence-electron chi connectivity index (χ2n) is 8.85. The summed E-state index contributed by atoms with van der Waals surface area (Å²) in [5, 5.41) is 3.47. The number of carbonyl (C=O) groups excluding carboxylic acids is 2. The van der Waals surface area contributed by atoms with Crippen molar-refractivity contribution in [2.24, 2.45) is 0 Å². The third kappa shape index (κ3) is 7.44. The van der Waals surface area contributed by atoms with Crippen molar-refractivity contribution < 1.29 is 22.7 Å². The molecular weight excluding hydrogens is 561 g/mol. The maximum atomic E-state index is 13.9. The van der Waals surface area contributed by atoms with Gasteiger partial charge in [-0.25, -0.2) is 8.42 Å². The van der Waals surface area contributed by atoms with Crippen molar-refractivity contribution in [3.63, 3.8) is 0 Å². The average molecular weight is 593 g/mol. The van der Waals surface area contributed by atoms with E-state index in [1.807, 2.05) is 6.92 Å². The number of ether oxygens (including phenoxy) is 1. The molecule has 0 unspecified atom stereocenters. The Hall–Kier alpha value is -3.27. The molecule has 0 aromatic heterocycles. The van der Waals surface area contributed by atoms with Crippen LogP contribution in [0.2, 0.25) is 10.0 Å². The first-order valence-electron chi connectivity index (χ1n) is 12.2. The summed E-state index contributed by atoms with van der Waals surface area (Å²) in [4.78, 5) is 27.9. The molecule has 0 radical (unpaired) electrons. The van der Waals surface area contributed by atoms with Gasteiger partial charge >= 0.3 is 0 Å². The fourth-order valence-corrected chi connectivity index (χ4v) is 5.74. The minimum absolute atomic E-state index is 0.0132. The van der Waals surface area contributed by atoms with Gasteiger partial charge in [0, 0.05) is 23.1 Å². The maximum Gasteiger partial charge on any atom is 0.264 e. The van der Waals surface area contributed by atoms with Crippen molar-refractivity contribution >= 4 is 50.7 Å². The molecule has 0 bridgehead atoms. The SMILES string of the molecule is CCNC(=O)[C@@H](C)N(Cc1ccc(Cl)cc1Cl)C(=O)CN(c1ccc(C)cc1)S(=O)(=O)c1ccc(OC)cc1. The minimum Gasteiger partial charge on any atom is -0.497 e. The highest BCUT2D eigenvalue weighted by Crippen LogP contribution is 2.27. The van der Waals surface area contributed by atoms with Crippen LogP contribution in [0.3, 0.4) is 0 Å². The number of halogens is 2. The van der Waals surface area contributed by atoms with E-state index in [-0.39, 0.29) is 17.3 Å². The Labute approximate surface area is 239 Å². The van der Waals surface area contributed by atoms with Crippen molar-refractivity contribution in [3.05, 3.63) is 87.9 Å². The van der Waals surface area contributed by atoms with Gasteiger partial charge in [0.25, 0.3) is 10.0 Å². The summed E-state index contributed by atoms with van der Waals surface area (Å²) in [6.45, 7) is 5.02. The number of methoxy groups -OCH3 is 1. The third-order valence-corrected chi connectivity index (χ3v) is 8.50. The van der Waals surface area contributed by atoms with Crippen LogP contribution in [0.5, 0.6) is 5.75 Å². The predicted molar refractivity (Wildman–Crippen MR) is 154 cm³/mol. The number of benzene rings is 3. The number of carbonyl (C=O) groups is 2. The number of rotatable bonds is 11. The van der Waals surface area contributed by atoms with E-state index in [0.29, 0.717) is 33.6 Å². The number of aryl methyl sites for hydroxylation is 1. The molecule has 8 nitrogen and oxygen atoms in total. The first-order chi connectivity index (χ1) is 18.5. The zero-order valence-corrected chi connectivity index (χ0v) is 24.5. The maximum absolute atomic E-state index is 13.9. The highest BCUT2D eigenvalue weighted by Gasteiger charge is 2.32. The highest BCUT2D eigenvalue weighted by molar-refractivity contribution is 7.92. The molecule has 0 aliphatic heterocycles. The lowest BCUT2D eigenvalue weighted by Crippen LogP contribution is -2.51. The normalized spacial score (nSPS) is 11.9. The third-order valence-electron chi connectivity index (χ3n) is 6.12. The molecule has 3 rings (SSSR count). The van der Waals surface area contributed by atoms with Crippen LogP contribution < -0.4 is 14.4 Å². The van der Waals surface area contributed by atoms with Crippen molar-refractivity contribution in [1.29, 1.82) is 0 Å². The predicted octanol–water partition coefficient (Wildman–Crippen LogP) is 5.06. The van der Waals surface area contributed by atoms with E-state index in [4.69, 9.17) is 27.9 Å². The lowest BCUT2D eigenvalue weighted by atomic mass is 10.1. The zero-order chi connectivity index (χ0) is 28.7. The summed E-state index contributed by atoms with van der Waals surface area (Å²) in [6, 6.07) is 16.6. The number of amides is 2. The van der Waals surface area contributed by atoms with Gasteiger partial charge in [-0.05, 0) is 74.9 Å². The van der Waals surface area contributed by atoms with E-state index >= 15 is 0 Å². The number of likely N-dealkylation sites (N-methyl/N-ethyl adjacent to an activating group) is 1. The molecule has 3 aromatic rings. The number of sulfonamides is 1. The smallest absolute Gasteiger partial charge is 0.264 e. The summed E-state index contributed by atoms with van der Waals surface area (Å²) in [6.07, 6.45) is 0. The standard InChI is InChI=1S/C28H31Cl2N3O5S/c1-5-31-28(35)20(3)32(17-21-8-9-22(29)16-26(21)30)27(34)18-33(23-10-6-19(2)7-11-23)39(36,37)25-14-12-24(38-4)13-15-25/h6-16,20H,5,17-18H2,1-4H3,(H,31,35)/t20-/m1/s1. The topological polar surface area (TPSA) is 96.0 Å². The number of anilines is 1.